The number of rotatable bonds is 6. The van der Waals surface area contributed by atoms with Crippen LogP contribution in [0, 0.1) is 5.92 Å². The molecule has 0 aliphatic carbocycles. The van der Waals surface area contributed by atoms with E-state index >= 15 is 0 Å². The summed E-state index contributed by atoms with van der Waals surface area (Å²) in [6, 6.07) is 9.88. The van der Waals surface area contributed by atoms with Gasteiger partial charge < -0.3 is 16.0 Å². The molecule has 1 atom stereocenters. The Hall–Kier alpha value is -2.37. The van der Waals surface area contributed by atoms with E-state index in [1.807, 2.05) is 30.3 Å². The monoisotopic (exact) mass is 303 g/mol. The minimum absolute atomic E-state index is 0.0253. The lowest BCUT2D eigenvalue weighted by molar-refractivity contribution is -0.131. The van der Waals surface area contributed by atoms with Crippen LogP contribution in [0.3, 0.4) is 0 Å². The first-order valence-electron chi connectivity index (χ1n) is 7.50. The molecule has 1 aliphatic rings. The summed E-state index contributed by atoms with van der Waals surface area (Å²) in [4.78, 5) is 34.6. The van der Waals surface area contributed by atoms with Crippen molar-refractivity contribution in [3.05, 3.63) is 35.9 Å². The fourth-order valence-corrected chi connectivity index (χ4v) is 2.32. The minimum Gasteiger partial charge on any atom is -0.355 e. The highest BCUT2D eigenvalue weighted by Crippen LogP contribution is 2.10. The van der Waals surface area contributed by atoms with Gasteiger partial charge >= 0.3 is 0 Å². The highest BCUT2D eigenvalue weighted by molar-refractivity contribution is 5.87. The topological polar surface area (TPSA) is 87.3 Å². The predicted octanol–water partition coefficient (Wildman–Crippen LogP) is -0.0123. The van der Waals surface area contributed by atoms with E-state index in [4.69, 9.17) is 0 Å². The first-order chi connectivity index (χ1) is 10.6. The van der Waals surface area contributed by atoms with Gasteiger partial charge in [-0.3, -0.25) is 14.4 Å². The van der Waals surface area contributed by atoms with Crippen molar-refractivity contribution in [3.63, 3.8) is 0 Å². The number of carbonyl (C=O) groups is 3. The first-order valence-corrected chi connectivity index (χ1v) is 7.50. The normalized spacial score (nSPS) is 17.5. The van der Waals surface area contributed by atoms with Gasteiger partial charge in [-0.15, -0.1) is 0 Å². The number of carbonyl (C=O) groups excluding carboxylic acids is 3. The van der Waals surface area contributed by atoms with E-state index in [1.165, 1.54) is 0 Å². The van der Waals surface area contributed by atoms with Gasteiger partial charge in [-0.25, -0.2) is 0 Å². The second kappa shape index (κ2) is 8.17. The van der Waals surface area contributed by atoms with Gasteiger partial charge in [0.2, 0.25) is 17.7 Å². The summed E-state index contributed by atoms with van der Waals surface area (Å²) in [7, 11) is 0. The van der Waals surface area contributed by atoms with Crippen molar-refractivity contribution in [1.29, 1.82) is 0 Å². The van der Waals surface area contributed by atoms with Crippen LogP contribution < -0.4 is 16.0 Å². The van der Waals surface area contributed by atoms with E-state index in [9.17, 15) is 14.4 Å². The second-order valence-electron chi connectivity index (χ2n) is 5.34. The zero-order chi connectivity index (χ0) is 15.8. The summed E-state index contributed by atoms with van der Waals surface area (Å²) < 4.78 is 0. The first kappa shape index (κ1) is 16.0. The summed E-state index contributed by atoms with van der Waals surface area (Å²) in [6.45, 7) is 0.858. The Morgan fingerprint density at radius 1 is 1.18 bits per heavy atom. The van der Waals surface area contributed by atoms with Crippen molar-refractivity contribution in [1.82, 2.24) is 16.0 Å². The molecule has 0 saturated carbocycles. The summed E-state index contributed by atoms with van der Waals surface area (Å²) in [5, 5.41) is 8.04. The Balaban J connectivity index is 1.61. The van der Waals surface area contributed by atoms with Gasteiger partial charge in [0.15, 0.2) is 0 Å². The molecule has 0 bridgehead atoms. The molecule has 2 rings (SSSR count). The van der Waals surface area contributed by atoms with Crippen molar-refractivity contribution >= 4 is 17.7 Å². The molecule has 0 radical (unpaired) electrons. The molecule has 22 heavy (non-hydrogen) atoms. The van der Waals surface area contributed by atoms with Gasteiger partial charge in [0, 0.05) is 19.5 Å². The molecule has 1 fully saturated rings. The molecular formula is C16H21N3O3. The number of amides is 3. The predicted molar refractivity (Wildman–Crippen MR) is 81.9 cm³/mol. The highest BCUT2D eigenvalue weighted by Gasteiger charge is 2.24. The van der Waals surface area contributed by atoms with Crippen LogP contribution in [-0.4, -0.2) is 37.4 Å². The van der Waals surface area contributed by atoms with Crippen LogP contribution >= 0.6 is 0 Å². The van der Waals surface area contributed by atoms with Gasteiger partial charge in [0.05, 0.1) is 12.5 Å². The Morgan fingerprint density at radius 2 is 1.95 bits per heavy atom. The lowest BCUT2D eigenvalue weighted by atomic mass is 9.98. The molecule has 0 aromatic heterocycles. The van der Waals surface area contributed by atoms with Crippen LogP contribution in [0.2, 0.25) is 0 Å². The smallest absolute Gasteiger partial charge is 0.239 e. The third kappa shape index (κ3) is 5.20. The molecule has 3 amide bonds. The van der Waals surface area contributed by atoms with E-state index in [1.54, 1.807) is 0 Å². The maximum Gasteiger partial charge on any atom is 0.239 e. The lowest BCUT2D eigenvalue weighted by Crippen LogP contribution is -2.45. The zero-order valence-electron chi connectivity index (χ0n) is 12.4. The fourth-order valence-electron chi connectivity index (χ4n) is 2.32. The quantitative estimate of drug-likeness (QED) is 0.690. The third-order valence-electron chi connectivity index (χ3n) is 3.64. The Bertz CT molecular complexity index is 521. The Labute approximate surface area is 129 Å². The molecule has 1 saturated heterocycles. The van der Waals surface area contributed by atoms with Crippen molar-refractivity contribution in [2.45, 2.75) is 19.3 Å². The average Bonchev–Trinajstić information content (AvgIpc) is 2.54. The Morgan fingerprint density at radius 3 is 2.64 bits per heavy atom. The van der Waals surface area contributed by atoms with Gasteiger partial charge in [-0.05, 0) is 18.4 Å². The molecule has 1 heterocycles. The largest absolute Gasteiger partial charge is 0.355 e. The van der Waals surface area contributed by atoms with Crippen LogP contribution in [0.1, 0.15) is 18.4 Å². The van der Waals surface area contributed by atoms with Crippen LogP contribution in [0.5, 0.6) is 0 Å². The fraction of sp³-hybridized carbons (Fsp3) is 0.438. The molecule has 1 aliphatic heterocycles. The average molecular weight is 303 g/mol. The number of piperidine rings is 1. The molecule has 1 unspecified atom stereocenters. The SMILES string of the molecule is O=C1CCC(C(=O)NCC(=O)NCCc2ccccc2)CN1. The molecule has 3 N–H and O–H groups in total. The second-order valence-corrected chi connectivity index (χ2v) is 5.34. The summed E-state index contributed by atoms with van der Waals surface area (Å²) >= 11 is 0. The third-order valence-corrected chi connectivity index (χ3v) is 3.64. The summed E-state index contributed by atoms with van der Waals surface area (Å²) in [6.07, 6.45) is 1.66. The van der Waals surface area contributed by atoms with Crippen molar-refractivity contribution in [2.24, 2.45) is 5.92 Å². The Kier molecular flexibility index (Phi) is 5.94. The van der Waals surface area contributed by atoms with E-state index in [2.05, 4.69) is 16.0 Å². The molecule has 1 aromatic rings. The van der Waals surface area contributed by atoms with Crippen molar-refractivity contribution < 1.29 is 14.4 Å². The number of nitrogens with one attached hydrogen (secondary N) is 3. The lowest BCUT2D eigenvalue weighted by Gasteiger charge is -2.21. The summed E-state index contributed by atoms with van der Waals surface area (Å²) in [5.74, 6) is -0.653. The molecule has 6 heteroatoms. The van der Waals surface area contributed by atoms with Crippen LogP contribution in [-0.2, 0) is 20.8 Å². The van der Waals surface area contributed by atoms with Gasteiger partial charge in [0.1, 0.15) is 0 Å². The maximum atomic E-state index is 11.9. The molecular weight excluding hydrogens is 282 g/mol. The highest BCUT2D eigenvalue weighted by atomic mass is 16.2. The molecule has 118 valence electrons. The van der Waals surface area contributed by atoms with Gasteiger partial charge in [-0.1, -0.05) is 30.3 Å². The molecule has 6 nitrogen and oxygen atoms in total. The number of benzene rings is 1. The van der Waals surface area contributed by atoms with Crippen LogP contribution in [0.15, 0.2) is 30.3 Å². The van der Waals surface area contributed by atoms with E-state index in [0.29, 0.717) is 25.9 Å². The van der Waals surface area contributed by atoms with E-state index < -0.39 is 0 Å². The number of hydrogen-bond acceptors (Lipinski definition) is 3. The van der Waals surface area contributed by atoms with Gasteiger partial charge in [0.25, 0.3) is 0 Å². The van der Waals surface area contributed by atoms with E-state index in [0.717, 1.165) is 12.0 Å². The molecule has 0 spiro atoms. The van der Waals surface area contributed by atoms with Crippen molar-refractivity contribution in [2.75, 3.05) is 19.6 Å². The van der Waals surface area contributed by atoms with E-state index in [-0.39, 0.29) is 30.2 Å². The maximum absolute atomic E-state index is 11.9. The number of hydrogen-bond donors (Lipinski definition) is 3. The minimum atomic E-state index is -0.241. The van der Waals surface area contributed by atoms with Gasteiger partial charge in [-0.2, -0.15) is 0 Å². The standard InChI is InChI=1S/C16H21N3O3/c20-14-7-6-13(10-18-14)16(22)19-11-15(21)17-9-8-12-4-2-1-3-5-12/h1-5,13H,6-11H2,(H,17,21)(H,18,20)(H,19,22). The summed E-state index contributed by atoms with van der Waals surface area (Å²) in [5.41, 5.74) is 1.16. The molecule has 1 aromatic carbocycles. The van der Waals surface area contributed by atoms with Crippen LogP contribution in [0.4, 0.5) is 0 Å². The zero-order valence-corrected chi connectivity index (χ0v) is 12.4. The van der Waals surface area contributed by atoms with Crippen molar-refractivity contribution in [3.8, 4) is 0 Å². The van der Waals surface area contributed by atoms with Crippen LogP contribution in [0.25, 0.3) is 0 Å².